The molecule has 1 aliphatic carbocycles. The Morgan fingerprint density at radius 1 is 0.413 bits per heavy atom. The number of rotatable bonds is 3. The molecular formula is C44H28N2. The number of nitrogens with zero attached hydrogens (tertiary/aromatic N) is 2. The minimum atomic E-state index is -0.559. The van der Waals surface area contributed by atoms with Crippen molar-refractivity contribution in [1.29, 1.82) is 5.26 Å². The van der Waals surface area contributed by atoms with Crippen LogP contribution in [0.15, 0.2) is 170 Å². The minimum Gasteiger partial charge on any atom is -0.310 e. The quantitative estimate of drug-likeness (QED) is 0.207. The molecule has 0 fully saturated rings. The van der Waals surface area contributed by atoms with E-state index in [1.165, 1.54) is 55.6 Å². The predicted octanol–water partition coefficient (Wildman–Crippen LogP) is 11.0. The lowest BCUT2D eigenvalue weighted by Crippen LogP contribution is -2.36. The number of para-hydroxylation sites is 2. The van der Waals surface area contributed by atoms with Gasteiger partial charge >= 0.3 is 0 Å². The third-order valence-electron chi connectivity index (χ3n) is 9.68. The highest BCUT2D eigenvalue weighted by Crippen LogP contribution is 2.64. The van der Waals surface area contributed by atoms with Gasteiger partial charge in [-0.3, -0.25) is 0 Å². The molecule has 0 atom stereocenters. The monoisotopic (exact) mass is 584 g/mol. The first-order valence-corrected chi connectivity index (χ1v) is 15.7. The average molecular weight is 585 g/mol. The normalized spacial score (nSPS) is 13.3. The van der Waals surface area contributed by atoms with Gasteiger partial charge in [-0.05, 0) is 98.1 Å². The maximum Gasteiger partial charge on any atom is 0.0992 e. The summed E-state index contributed by atoms with van der Waals surface area (Å²) in [6.07, 6.45) is 0. The highest BCUT2D eigenvalue weighted by Gasteiger charge is 2.51. The standard InChI is InChI=1S/C44H28N2/c45-29-30-12-11-17-35(26-30)46-42-20-9-7-18-38(42)44(39-19-8-10-21-43(39)46)40-27-33(31-13-3-1-4-14-31)22-24-36(40)37-25-23-34(28-41(37)44)32-15-5-2-6-16-32/h1-28H. The highest BCUT2D eigenvalue weighted by atomic mass is 15.2. The van der Waals surface area contributed by atoms with Crippen molar-refractivity contribution in [3.63, 3.8) is 0 Å². The second kappa shape index (κ2) is 10.2. The fourth-order valence-electron chi connectivity index (χ4n) is 7.76. The highest BCUT2D eigenvalue weighted by molar-refractivity contribution is 5.97. The summed E-state index contributed by atoms with van der Waals surface area (Å²) in [5, 5.41) is 9.81. The Labute approximate surface area is 269 Å². The van der Waals surface area contributed by atoms with Crippen LogP contribution in [-0.4, -0.2) is 0 Å². The van der Waals surface area contributed by atoms with Crippen LogP contribution in [0.2, 0.25) is 0 Å². The molecular weight excluding hydrogens is 556 g/mol. The van der Waals surface area contributed by atoms with Crippen LogP contribution in [-0.2, 0) is 5.41 Å². The van der Waals surface area contributed by atoms with Crippen LogP contribution in [0.5, 0.6) is 0 Å². The lowest BCUT2D eigenvalue weighted by atomic mass is 9.64. The second-order valence-electron chi connectivity index (χ2n) is 12.0. The van der Waals surface area contributed by atoms with Crippen LogP contribution in [0.1, 0.15) is 27.8 Å². The number of benzene rings is 7. The lowest BCUT2D eigenvalue weighted by molar-refractivity contribution is 0.753. The smallest absolute Gasteiger partial charge is 0.0992 e. The van der Waals surface area contributed by atoms with E-state index in [9.17, 15) is 5.26 Å². The zero-order valence-electron chi connectivity index (χ0n) is 25.1. The van der Waals surface area contributed by atoms with E-state index < -0.39 is 5.41 Å². The molecule has 0 radical (unpaired) electrons. The van der Waals surface area contributed by atoms with Gasteiger partial charge in [0, 0.05) is 5.69 Å². The fraction of sp³-hybridized carbons (Fsp3) is 0.0227. The van der Waals surface area contributed by atoms with Crippen molar-refractivity contribution < 1.29 is 0 Å². The number of hydrogen-bond donors (Lipinski definition) is 0. The van der Waals surface area contributed by atoms with Crippen molar-refractivity contribution in [3.05, 3.63) is 198 Å². The molecule has 0 saturated heterocycles. The van der Waals surface area contributed by atoms with Crippen LogP contribution >= 0.6 is 0 Å². The maximum atomic E-state index is 9.81. The predicted molar refractivity (Wildman–Crippen MR) is 188 cm³/mol. The fourth-order valence-corrected chi connectivity index (χ4v) is 7.76. The molecule has 0 N–H and O–H groups in total. The Hall–Kier alpha value is -6.17. The Balaban J connectivity index is 1.41. The van der Waals surface area contributed by atoms with Gasteiger partial charge in [0.25, 0.3) is 0 Å². The molecule has 0 bridgehead atoms. The first-order valence-electron chi connectivity index (χ1n) is 15.7. The molecule has 0 unspecified atom stereocenters. The van der Waals surface area contributed by atoms with Crippen molar-refractivity contribution in [1.82, 2.24) is 0 Å². The summed E-state index contributed by atoms with van der Waals surface area (Å²) in [5.74, 6) is 0. The zero-order chi connectivity index (χ0) is 30.7. The van der Waals surface area contributed by atoms with Gasteiger partial charge in [0.1, 0.15) is 0 Å². The van der Waals surface area contributed by atoms with Crippen LogP contribution in [0, 0.1) is 11.3 Å². The molecule has 1 heterocycles. The molecule has 46 heavy (non-hydrogen) atoms. The van der Waals surface area contributed by atoms with Gasteiger partial charge in [-0.2, -0.15) is 5.26 Å². The van der Waals surface area contributed by atoms with Gasteiger partial charge < -0.3 is 4.90 Å². The third-order valence-corrected chi connectivity index (χ3v) is 9.68. The topological polar surface area (TPSA) is 27.0 Å². The molecule has 2 nitrogen and oxygen atoms in total. The van der Waals surface area contributed by atoms with Crippen molar-refractivity contribution in [2.75, 3.05) is 4.90 Å². The number of anilines is 3. The molecule has 1 aliphatic heterocycles. The summed E-state index contributed by atoms with van der Waals surface area (Å²) in [6, 6.07) is 63.3. The largest absolute Gasteiger partial charge is 0.310 e. The van der Waals surface area contributed by atoms with E-state index in [1.807, 2.05) is 18.2 Å². The Kier molecular flexibility index (Phi) is 5.82. The molecule has 7 aromatic carbocycles. The lowest BCUT2D eigenvalue weighted by Gasteiger charge is -2.45. The summed E-state index contributed by atoms with van der Waals surface area (Å²) >= 11 is 0. The van der Waals surface area contributed by atoms with Gasteiger partial charge in [-0.15, -0.1) is 0 Å². The molecule has 9 rings (SSSR count). The zero-order valence-corrected chi connectivity index (χ0v) is 25.1. The van der Waals surface area contributed by atoms with Gasteiger partial charge in [0.15, 0.2) is 0 Å². The van der Waals surface area contributed by atoms with Crippen molar-refractivity contribution in [3.8, 4) is 39.4 Å². The summed E-state index contributed by atoms with van der Waals surface area (Å²) in [7, 11) is 0. The van der Waals surface area contributed by atoms with Crippen LogP contribution in [0.4, 0.5) is 17.1 Å². The van der Waals surface area contributed by atoms with E-state index in [-0.39, 0.29) is 0 Å². The van der Waals surface area contributed by atoms with Gasteiger partial charge in [0.2, 0.25) is 0 Å². The van der Waals surface area contributed by atoms with Crippen LogP contribution < -0.4 is 4.90 Å². The van der Waals surface area contributed by atoms with Crippen molar-refractivity contribution >= 4 is 17.1 Å². The van der Waals surface area contributed by atoms with Gasteiger partial charge in [-0.25, -0.2) is 0 Å². The Morgan fingerprint density at radius 2 is 0.913 bits per heavy atom. The molecule has 2 aliphatic rings. The Morgan fingerprint density at radius 3 is 1.43 bits per heavy atom. The number of nitriles is 1. The van der Waals surface area contributed by atoms with E-state index in [2.05, 4.69) is 163 Å². The van der Waals surface area contributed by atoms with Gasteiger partial charge in [-0.1, -0.05) is 127 Å². The summed E-state index contributed by atoms with van der Waals surface area (Å²) in [4.78, 5) is 2.33. The molecule has 214 valence electrons. The first kappa shape index (κ1) is 26.3. The van der Waals surface area contributed by atoms with E-state index in [1.54, 1.807) is 0 Å². The third kappa shape index (κ3) is 3.70. The summed E-state index contributed by atoms with van der Waals surface area (Å²) in [6.45, 7) is 0. The second-order valence-corrected chi connectivity index (χ2v) is 12.0. The van der Waals surface area contributed by atoms with E-state index >= 15 is 0 Å². The average Bonchev–Trinajstić information content (AvgIpc) is 3.42. The Bertz CT molecular complexity index is 2190. The van der Waals surface area contributed by atoms with Crippen molar-refractivity contribution in [2.45, 2.75) is 5.41 Å². The first-order chi connectivity index (χ1) is 22.8. The SMILES string of the molecule is N#Cc1cccc(N2c3ccccc3C3(c4cc(-c5ccccc5)ccc4-c4ccc(-c5ccccc5)cc43)c3ccccc32)c1. The van der Waals surface area contributed by atoms with Crippen LogP contribution in [0.3, 0.4) is 0 Å². The van der Waals surface area contributed by atoms with E-state index in [0.29, 0.717) is 5.56 Å². The minimum absolute atomic E-state index is 0.559. The summed E-state index contributed by atoms with van der Waals surface area (Å²) in [5.41, 5.74) is 15.7. The molecule has 0 saturated carbocycles. The molecule has 1 spiro atoms. The van der Waals surface area contributed by atoms with Crippen LogP contribution in [0.25, 0.3) is 33.4 Å². The van der Waals surface area contributed by atoms with Gasteiger partial charge in [0.05, 0.1) is 28.4 Å². The molecule has 0 amide bonds. The number of fused-ring (bicyclic) bond motifs is 9. The molecule has 0 aromatic heterocycles. The molecule has 2 heteroatoms. The van der Waals surface area contributed by atoms with E-state index in [0.717, 1.165) is 17.1 Å². The van der Waals surface area contributed by atoms with E-state index in [4.69, 9.17) is 0 Å². The molecule has 7 aromatic rings. The summed E-state index contributed by atoms with van der Waals surface area (Å²) < 4.78 is 0. The maximum absolute atomic E-state index is 9.81. The van der Waals surface area contributed by atoms with Crippen molar-refractivity contribution in [2.24, 2.45) is 0 Å². The number of hydrogen-bond acceptors (Lipinski definition) is 2.